The quantitative estimate of drug-likeness (QED) is 0.784. The predicted octanol–water partition coefficient (Wildman–Crippen LogP) is 3.05. The van der Waals surface area contributed by atoms with Gasteiger partial charge in [0.1, 0.15) is 0 Å². The zero-order chi connectivity index (χ0) is 13.7. The maximum Gasteiger partial charge on any atom is 0.309 e. The minimum Gasteiger partial charge on any atom is -0.481 e. The summed E-state index contributed by atoms with van der Waals surface area (Å²) in [6, 6.07) is 9.95. The second-order valence-electron chi connectivity index (χ2n) is 4.38. The summed E-state index contributed by atoms with van der Waals surface area (Å²) >= 11 is 0. The summed E-state index contributed by atoms with van der Waals surface area (Å²) in [4.78, 5) is 10.6. The molecule has 1 atom stereocenters. The SMILES string of the molecule is C=C(/C(C)=C(\N)CC(=O)O)C(C)c1ccccc1. The van der Waals surface area contributed by atoms with Crippen LogP contribution in [0.25, 0.3) is 0 Å². The maximum atomic E-state index is 10.6. The van der Waals surface area contributed by atoms with Gasteiger partial charge in [-0.05, 0) is 23.6 Å². The van der Waals surface area contributed by atoms with E-state index in [1.165, 1.54) is 0 Å². The van der Waals surface area contributed by atoms with Crippen LogP contribution >= 0.6 is 0 Å². The van der Waals surface area contributed by atoms with Gasteiger partial charge in [-0.1, -0.05) is 43.8 Å². The lowest BCUT2D eigenvalue weighted by Gasteiger charge is -2.17. The van der Waals surface area contributed by atoms with Crippen molar-refractivity contribution in [2.45, 2.75) is 26.2 Å². The Morgan fingerprint density at radius 2 is 1.94 bits per heavy atom. The van der Waals surface area contributed by atoms with Crippen molar-refractivity contribution >= 4 is 5.97 Å². The highest BCUT2D eigenvalue weighted by Gasteiger charge is 2.13. The first-order valence-electron chi connectivity index (χ1n) is 5.84. The molecule has 0 aliphatic heterocycles. The number of benzene rings is 1. The zero-order valence-electron chi connectivity index (χ0n) is 10.8. The summed E-state index contributed by atoms with van der Waals surface area (Å²) in [5.41, 5.74) is 8.92. The van der Waals surface area contributed by atoms with Crippen molar-refractivity contribution in [3.63, 3.8) is 0 Å². The Morgan fingerprint density at radius 1 is 1.39 bits per heavy atom. The molecule has 0 amide bonds. The van der Waals surface area contributed by atoms with Crippen LogP contribution in [0.4, 0.5) is 0 Å². The third kappa shape index (κ3) is 3.48. The highest BCUT2D eigenvalue weighted by Crippen LogP contribution is 2.28. The number of hydrogen-bond donors (Lipinski definition) is 2. The first-order valence-corrected chi connectivity index (χ1v) is 5.84. The number of carboxylic acid groups (broad SMARTS) is 1. The number of carbonyl (C=O) groups is 1. The van der Waals surface area contributed by atoms with Gasteiger partial charge in [0.05, 0.1) is 6.42 Å². The summed E-state index contributed by atoms with van der Waals surface area (Å²) < 4.78 is 0. The van der Waals surface area contributed by atoms with Gasteiger partial charge in [-0.3, -0.25) is 4.79 Å². The first kappa shape index (κ1) is 14.0. The van der Waals surface area contributed by atoms with Crippen molar-refractivity contribution in [1.29, 1.82) is 0 Å². The van der Waals surface area contributed by atoms with Crippen molar-refractivity contribution in [1.82, 2.24) is 0 Å². The van der Waals surface area contributed by atoms with Crippen LogP contribution in [0.3, 0.4) is 0 Å². The fourth-order valence-electron chi connectivity index (χ4n) is 1.77. The minimum absolute atomic E-state index is 0.124. The van der Waals surface area contributed by atoms with Crippen molar-refractivity contribution in [2.24, 2.45) is 5.73 Å². The number of nitrogens with two attached hydrogens (primary N) is 1. The van der Waals surface area contributed by atoms with Gasteiger partial charge in [0.15, 0.2) is 0 Å². The van der Waals surface area contributed by atoms with Crippen LogP contribution in [0.1, 0.15) is 31.7 Å². The standard InChI is InChI=1S/C15H19NO2/c1-10(12(3)14(16)9-15(17)18)11(2)13-7-5-4-6-8-13/h4-8,11H,1,9,16H2,2-3H3,(H,17,18)/b14-12-. The summed E-state index contributed by atoms with van der Waals surface area (Å²) in [5, 5.41) is 8.73. The lowest BCUT2D eigenvalue weighted by molar-refractivity contribution is -0.136. The molecule has 18 heavy (non-hydrogen) atoms. The van der Waals surface area contributed by atoms with Crippen molar-refractivity contribution < 1.29 is 9.90 Å². The topological polar surface area (TPSA) is 63.3 Å². The molecule has 0 aliphatic rings. The van der Waals surface area contributed by atoms with E-state index in [-0.39, 0.29) is 12.3 Å². The van der Waals surface area contributed by atoms with Crippen LogP contribution in [0, 0.1) is 0 Å². The molecule has 0 heterocycles. The van der Waals surface area contributed by atoms with Gasteiger partial charge < -0.3 is 10.8 Å². The predicted molar refractivity (Wildman–Crippen MR) is 73.1 cm³/mol. The van der Waals surface area contributed by atoms with Crippen molar-refractivity contribution in [3.8, 4) is 0 Å². The molecule has 0 saturated heterocycles. The van der Waals surface area contributed by atoms with Crippen LogP contribution in [0.15, 0.2) is 53.8 Å². The molecule has 3 nitrogen and oxygen atoms in total. The smallest absolute Gasteiger partial charge is 0.309 e. The Labute approximate surface area is 108 Å². The fraction of sp³-hybridized carbons (Fsp3) is 0.267. The monoisotopic (exact) mass is 245 g/mol. The minimum atomic E-state index is -0.924. The van der Waals surface area contributed by atoms with Gasteiger partial charge in [0.25, 0.3) is 0 Å². The van der Waals surface area contributed by atoms with Crippen molar-refractivity contribution in [2.75, 3.05) is 0 Å². The molecule has 0 aromatic heterocycles. The average molecular weight is 245 g/mol. The van der Waals surface area contributed by atoms with E-state index in [2.05, 4.69) is 6.58 Å². The zero-order valence-corrected chi connectivity index (χ0v) is 10.8. The Hall–Kier alpha value is -2.03. The molecule has 0 radical (unpaired) electrons. The molecule has 96 valence electrons. The molecule has 0 aliphatic carbocycles. The third-order valence-corrected chi connectivity index (χ3v) is 3.13. The number of aliphatic carboxylic acids is 1. The Morgan fingerprint density at radius 3 is 2.44 bits per heavy atom. The Kier molecular flexibility index (Phi) is 4.72. The van der Waals surface area contributed by atoms with E-state index in [0.29, 0.717) is 5.70 Å². The molecule has 1 rings (SSSR count). The second-order valence-corrected chi connectivity index (χ2v) is 4.38. The van der Waals surface area contributed by atoms with E-state index in [1.54, 1.807) is 0 Å². The third-order valence-electron chi connectivity index (χ3n) is 3.13. The summed E-state index contributed by atoms with van der Waals surface area (Å²) in [6.07, 6.45) is -0.146. The van der Waals surface area contributed by atoms with Crippen LogP contribution < -0.4 is 5.73 Å². The molecule has 1 aromatic carbocycles. The number of allylic oxidation sites excluding steroid dienone is 2. The highest BCUT2D eigenvalue weighted by molar-refractivity contribution is 5.70. The summed E-state index contributed by atoms with van der Waals surface area (Å²) in [5.74, 6) is -0.800. The van der Waals surface area contributed by atoms with Gasteiger partial charge >= 0.3 is 5.97 Å². The van der Waals surface area contributed by atoms with E-state index >= 15 is 0 Å². The van der Waals surface area contributed by atoms with Gasteiger partial charge in [0.2, 0.25) is 0 Å². The largest absolute Gasteiger partial charge is 0.481 e. The van der Waals surface area contributed by atoms with Crippen molar-refractivity contribution in [3.05, 3.63) is 59.3 Å². The van der Waals surface area contributed by atoms with E-state index in [1.807, 2.05) is 44.2 Å². The van der Waals surface area contributed by atoms with E-state index in [9.17, 15) is 4.79 Å². The molecular weight excluding hydrogens is 226 g/mol. The molecule has 1 unspecified atom stereocenters. The van der Waals surface area contributed by atoms with E-state index in [0.717, 1.165) is 16.7 Å². The van der Waals surface area contributed by atoms with Gasteiger partial charge in [0, 0.05) is 11.6 Å². The molecule has 1 aromatic rings. The number of carboxylic acids is 1. The fourth-order valence-corrected chi connectivity index (χ4v) is 1.77. The average Bonchev–Trinajstić information content (AvgIpc) is 2.36. The molecule has 0 bridgehead atoms. The van der Waals surface area contributed by atoms with Gasteiger partial charge in [-0.15, -0.1) is 0 Å². The molecular formula is C15H19NO2. The Bertz CT molecular complexity index is 475. The van der Waals surface area contributed by atoms with E-state index in [4.69, 9.17) is 10.8 Å². The number of rotatable bonds is 5. The summed E-state index contributed by atoms with van der Waals surface area (Å²) in [7, 11) is 0. The highest BCUT2D eigenvalue weighted by atomic mass is 16.4. The van der Waals surface area contributed by atoms with Crippen LogP contribution in [0.5, 0.6) is 0 Å². The molecule has 0 spiro atoms. The van der Waals surface area contributed by atoms with Crippen LogP contribution in [-0.4, -0.2) is 11.1 Å². The van der Waals surface area contributed by atoms with E-state index < -0.39 is 5.97 Å². The normalized spacial score (nSPS) is 13.7. The van der Waals surface area contributed by atoms with Crippen LogP contribution in [-0.2, 0) is 4.79 Å². The second kappa shape index (κ2) is 6.05. The lowest BCUT2D eigenvalue weighted by Crippen LogP contribution is -2.10. The Balaban J connectivity index is 2.91. The van der Waals surface area contributed by atoms with Crippen LogP contribution in [0.2, 0.25) is 0 Å². The lowest BCUT2D eigenvalue weighted by atomic mass is 9.88. The molecule has 3 N–H and O–H groups in total. The first-order chi connectivity index (χ1) is 8.43. The molecule has 3 heteroatoms. The summed E-state index contributed by atoms with van der Waals surface area (Å²) in [6.45, 7) is 7.88. The maximum absolute atomic E-state index is 10.6. The molecule has 0 saturated carbocycles. The van der Waals surface area contributed by atoms with Gasteiger partial charge in [-0.2, -0.15) is 0 Å². The molecule has 0 fully saturated rings. The number of hydrogen-bond acceptors (Lipinski definition) is 2. The van der Waals surface area contributed by atoms with Gasteiger partial charge in [-0.25, -0.2) is 0 Å².